The van der Waals surface area contributed by atoms with Gasteiger partial charge in [0.15, 0.2) is 6.10 Å². The summed E-state index contributed by atoms with van der Waals surface area (Å²) < 4.78 is 12.0. The van der Waals surface area contributed by atoms with Crippen molar-refractivity contribution >= 4 is 24.4 Å². The fourth-order valence-corrected chi connectivity index (χ4v) is 3.20. The van der Waals surface area contributed by atoms with Crippen LogP contribution in [0.15, 0.2) is 12.4 Å². The average Bonchev–Trinajstić information content (AvgIpc) is 2.89. The van der Waals surface area contributed by atoms with Crippen molar-refractivity contribution in [1.29, 1.82) is 0 Å². The van der Waals surface area contributed by atoms with Crippen LogP contribution in [0.25, 0.3) is 0 Å². The first-order valence-corrected chi connectivity index (χ1v) is 9.65. The molecule has 1 aromatic rings. The standard InChI is InChI=1S/C18H29BN4O5/c1-17(2)18(3,4)28-19(27-17)12-9-20-16(21-10-12)23-7-5-13(6-8-23)22-15(26)14(25)11-24/h9-10,13-14,24-25H,5-8,11H2,1-4H3,(H,22,26). The zero-order valence-corrected chi connectivity index (χ0v) is 16.9. The molecule has 3 heterocycles. The molecule has 9 nitrogen and oxygen atoms in total. The van der Waals surface area contributed by atoms with Crippen molar-refractivity contribution in [3.8, 4) is 0 Å². The van der Waals surface area contributed by atoms with E-state index in [1.165, 1.54) is 0 Å². The highest BCUT2D eigenvalue weighted by molar-refractivity contribution is 6.61. The van der Waals surface area contributed by atoms with Crippen molar-refractivity contribution in [1.82, 2.24) is 15.3 Å². The second-order valence-corrected chi connectivity index (χ2v) is 8.37. The van der Waals surface area contributed by atoms with E-state index in [1.54, 1.807) is 12.4 Å². The quantitative estimate of drug-likeness (QED) is 0.559. The molecule has 0 saturated carbocycles. The van der Waals surface area contributed by atoms with Gasteiger partial charge in [0.05, 0.1) is 17.8 Å². The van der Waals surface area contributed by atoms with E-state index in [0.29, 0.717) is 31.9 Å². The fraction of sp³-hybridized carbons (Fsp3) is 0.722. The third-order valence-electron chi connectivity index (χ3n) is 5.78. The van der Waals surface area contributed by atoms with Gasteiger partial charge in [0.1, 0.15) is 0 Å². The van der Waals surface area contributed by atoms with Crippen LogP contribution in [0.3, 0.4) is 0 Å². The van der Waals surface area contributed by atoms with Gasteiger partial charge in [-0.3, -0.25) is 4.79 Å². The van der Waals surface area contributed by atoms with Crippen LogP contribution in [0.4, 0.5) is 5.95 Å². The van der Waals surface area contributed by atoms with Crippen molar-refractivity contribution in [3.05, 3.63) is 12.4 Å². The number of anilines is 1. The Morgan fingerprint density at radius 1 is 1.25 bits per heavy atom. The largest absolute Gasteiger partial charge is 0.498 e. The molecule has 1 unspecified atom stereocenters. The van der Waals surface area contributed by atoms with Crippen LogP contribution < -0.4 is 15.7 Å². The van der Waals surface area contributed by atoms with Crippen molar-refractivity contribution in [2.45, 2.75) is 63.9 Å². The van der Waals surface area contributed by atoms with Gasteiger partial charge in [0.25, 0.3) is 5.91 Å². The summed E-state index contributed by atoms with van der Waals surface area (Å²) in [5.41, 5.74) is -0.0408. The summed E-state index contributed by atoms with van der Waals surface area (Å²) >= 11 is 0. The number of aliphatic hydroxyl groups is 2. The first-order chi connectivity index (χ1) is 13.1. The van der Waals surface area contributed by atoms with E-state index in [9.17, 15) is 9.90 Å². The lowest BCUT2D eigenvalue weighted by molar-refractivity contribution is -0.132. The van der Waals surface area contributed by atoms with E-state index in [2.05, 4.69) is 20.2 Å². The van der Waals surface area contributed by atoms with Gasteiger partial charge in [-0.2, -0.15) is 0 Å². The molecule has 3 rings (SSSR count). The monoisotopic (exact) mass is 392 g/mol. The molecule has 2 aliphatic rings. The molecule has 154 valence electrons. The fourth-order valence-electron chi connectivity index (χ4n) is 3.20. The van der Waals surface area contributed by atoms with Crippen LogP contribution in [0.2, 0.25) is 0 Å². The Hall–Kier alpha value is -1.75. The minimum atomic E-state index is -1.37. The zero-order chi connectivity index (χ0) is 20.5. The number of nitrogens with one attached hydrogen (secondary N) is 1. The second kappa shape index (κ2) is 7.94. The Labute approximate surface area is 165 Å². The van der Waals surface area contributed by atoms with E-state index >= 15 is 0 Å². The average molecular weight is 392 g/mol. The second-order valence-electron chi connectivity index (χ2n) is 8.37. The Morgan fingerprint density at radius 2 is 1.79 bits per heavy atom. The number of nitrogens with zero attached hydrogens (tertiary/aromatic N) is 3. The van der Waals surface area contributed by atoms with Crippen LogP contribution in [0.1, 0.15) is 40.5 Å². The molecule has 1 aromatic heterocycles. The van der Waals surface area contributed by atoms with Gasteiger partial charge in [0, 0.05) is 37.0 Å². The van der Waals surface area contributed by atoms with Crippen molar-refractivity contribution < 1.29 is 24.3 Å². The predicted octanol–water partition coefficient (Wildman–Crippen LogP) is -0.786. The normalized spacial score (nSPS) is 22.9. The molecule has 0 radical (unpaired) electrons. The van der Waals surface area contributed by atoms with Gasteiger partial charge >= 0.3 is 7.12 Å². The number of aromatic nitrogens is 2. The van der Waals surface area contributed by atoms with E-state index < -0.39 is 36.9 Å². The lowest BCUT2D eigenvalue weighted by Gasteiger charge is -2.32. The molecule has 28 heavy (non-hydrogen) atoms. The third kappa shape index (κ3) is 4.30. The summed E-state index contributed by atoms with van der Waals surface area (Å²) in [6.45, 7) is 8.82. The molecule has 2 saturated heterocycles. The molecule has 0 bridgehead atoms. The van der Waals surface area contributed by atoms with Gasteiger partial charge in [-0.15, -0.1) is 0 Å². The molecule has 0 aromatic carbocycles. The Morgan fingerprint density at radius 3 is 2.29 bits per heavy atom. The van der Waals surface area contributed by atoms with Gasteiger partial charge in [-0.25, -0.2) is 9.97 Å². The number of carbonyl (C=O) groups excluding carboxylic acids is 1. The first kappa shape index (κ1) is 21.0. The Bertz CT molecular complexity index is 676. The number of carbonyl (C=O) groups is 1. The Kier molecular flexibility index (Phi) is 5.95. The van der Waals surface area contributed by atoms with Gasteiger partial charge in [0.2, 0.25) is 5.95 Å². The van der Waals surface area contributed by atoms with E-state index in [4.69, 9.17) is 14.4 Å². The highest BCUT2D eigenvalue weighted by Crippen LogP contribution is 2.36. The number of piperidine rings is 1. The maximum absolute atomic E-state index is 11.7. The zero-order valence-electron chi connectivity index (χ0n) is 16.9. The lowest BCUT2D eigenvalue weighted by atomic mass is 9.81. The van der Waals surface area contributed by atoms with Crippen LogP contribution in [0, 0.1) is 0 Å². The van der Waals surface area contributed by atoms with Gasteiger partial charge in [-0.05, 0) is 40.5 Å². The SMILES string of the molecule is CC1(C)OB(c2cnc(N3CCC(NC(=O)C(O)CO)CC3)nc2)OC1(C)C. The highest BCUT2D eigenvalue weighted by Gasteiger charge is 2.52. The number of hydrogen-bond donors (Lipinski definition) is 3. The Balaban J connectivity index is 1.55. The van der Waals surface area contributed by atoms with E-state index in [0.717, 1.165) is 5.46 Å². The molecule has 2 fully saturated rings. The molecule has 1 amide bonds. The van der Waals surface area contributed by atoms with E-state index in [1.807, 2.05) is 27.7 Å². The third-order valence-corrected chi connectivity index (χ3v) is 5.78. The minimum Gasteiger partial charge on any atom is -0.399 e. The number of aliphatic hydroxyl groups excluding tert-OH is 2. The summed E-state index contributed by atoms with van der Waals surface area (Å²) in [6.07, 6.45) is 3.52. The highest BCUT2D eigenvalue weighted by atomic mass is 16.7. The molecule has 2 aliphatic heterocycles. The van der Waals surface area contributed by atoms with Crippen molar-refractivity contribution in [2.24, 2.45) is 0 Å². The number of rotatable bonds is 5. The summed E-state index contributed by atoms with van der Waals surface area (Å²) in [6, 6.07) is -0.0334. The van der Waals surface area contributed by atoms with Crippen molar-refractivity contribution in [3.63, 3.8) is 0 Å². The maximum atomic E-state index is 11.7. The molecule has 0 aliphatic carbocycles. The summed E-state index contributed by atoms with van der Waals surface area (Å²) in [5.74, 6) is 0.0874. The number of amides is 1. The molecular formula is C18H29BN4O5. The van der Waals surface area contributed by atoms with Crippen LogP contribution in [0.5, 0.6) is 0 Å². The molecular weight excluding hydrogens is 363 g/mol. The molecule has 0 spiro atoms. The van der Waals surface area contributed by atoms with Gasteiger partial charge in [-0.1, -0.05) is 0 Å². The predicted molar refractivity (Wildman–Crippen MR) is 104 cm³/mol. The smallest absolute Gasteiger partial charge is 0.399 e. The topological polar surface area (TPSA) is 117 Å². The number of hydrogen-bond acceptors (Lipinski definition) is 8. The van der Waals surface area contributed by atoms with Crippen LogP contribution >= 0.6 is 0 Å². The maximum Gasteiger partial charge on any atom is 0.498 e. The summed E-state index contributed by atoms with van der Waals surface area (Å²) in [7, 11) is -0.488. The first-order valence-electron chi connectivity index (χ1n) is 9.65. The van der Waals surface area contributed by atoms with E-state index in [-0.39, 0.29) is 6.04 Å². The summed E-state index contributed by atoms with van der Waals surface area (Å²) in [5, 5.41) is 20.9. The van der Waals surface area contributed by atoms with Crippen LogP contribution in [-0.4, -0.2) is 76.3 Å². The lowest BCUT2D eigenvalue weighted by Crippen LogP contribution is -2.48. The van der Waals surface area contributed by atoms with Gasteiger partial charge < -0.3 is 29.7 Å². The molecule has 1 atom stereocenters. The molecule has 3 N–H and O–H groups in total. The minimum absolute atomic E-state index is 0.0334. The molecule has 10 heteroatoms. The van der Waals surface area contributed by atoms with Crippen molar-refractivity contribution in [2.75, 3.05) is 24.6 Å². The summed E-state index contributed by atoms with van der Waals surface area (Å²) in [4.78, 5) is 22.6. The van der Waals surface area contributed by atoms with Crippen LogP contribution in [-0.2, 0) is 14.1 Å².